The molecule has 114 valence electrons. The largest absolute Gasteiger partial charge is 0.492 e. The lowest BCUT2D eigenvalue weighted by atomic mass is 10.1. The van der Waals surface area contributed by atoms with Gasteiger partial charge in [0.1, 0.15) is 12.4 Å². The van der Waals surface area contributed by atoms with E-state index in [1.807, 2.05) is 24.3 Å². The standard InChI is InChI=1S/C17H24N2O2/c18-10-9-15-5-7-17(8-6-15)21-14-12-19-11-1-3-16(19)4-2-13-20/h5-8,16,20H,1-4,9,11-14H2. The van der Waals surface area contributed by atoms with Gasteiger partial charge in [-0.3, -0.25) is 4.90 Å². The number of hydrogen-bond acceptors (Lipinski definition) is 4. The summed E-state index contributed by atoms with van der Waals surface area (Å²) in [6.07, 6.45) is 4.91. The second kappa shape index (κ2) is 8.66. The molecular formula is C17H24N2O2. The molecule has 1 heterocycles. The van der Waals surface area contributed by atoms with Gasteiger partial charge < -0.3 is 9.84 Å². The molecule has 1 aromatic rings. The zero-order chi connectivity index (χ0) is 14.9. The minimum Gasteiger partial charge on any atom is -0.492 e. The molecule has 0 aromatic heterocycles. The lowest BCUT2D eigenvalue weighted by molar-refractivity contribution is 0.180. The van der Waals surface area contributed by atoms with Gasteiger partial charge in [0.05, 0.1) is 12.5 Å². The van der Waals surface area contributed by atoms with Crippen molar-refractivity contribution in [2.24, 2.45) is 0 Å². The molecule has 2 rings (SSSR count). The predicted octanol–water partition coefficient (Wildman–Crippen LogP) is 2.37. The quantitative estimate of drug-likeness (QED) is 0.798. The van der Waals surface area contributed by atoms with Crippen LogP contribution in [0.25, 0.3) is 0 Å². The van der Waals surface area contributed by atoms with Gasteiger partial charge in [-0.1, -0.05) is 12.1 Å². The number of hydrogen-bond donors (Lipinski definition) is 1. The molecule has 1 unspecified atom stereocenters. The molecule has 1 aliphatic rings. The molecule has 1 aliphatic heterocycles. The molecule has 4 nitrogen and oxygen atoms in total. The Morgan fingerprint density at radius 1 is 1.33 bits per heavy atom. The number of benzene rings is 1. The third-order valence-electron chi connectivity index (χ3n) is 4.05. The zero-order valence-corrected chi connectivity index (χ0v) is 12.5. The summed E-state index contributed by atoms with van der Waals surface area (Å²) in [6.45, 7) is 3.06. The summed E-state index contributed by atoms with van der Waals surface area (Å²) in [5.41, 5.74) is 1.02. The highest BCUT2D eigenvalue weighted by Gasteiger charge is 2.23. The average Bonchev–Trinajstić information content (AvgIpc) is 2.95. The second-order valence-electron chi connectivity index (χ2n) is 5.53. The molecule has 1 N–H and O–H groups in total. The molecule has 1 saturated heterocycles. The molecule has 1 atom stereocenters. The van der Waals surface area contributed by atoms with E-state index >= 15 is 0 Å². The van der Waals surface area contributed by atoms with Crippen molar-refractivity contribution in [1.29, 1.82) is 5.26 Å². The van der Waals surface area contributed by atoms with Crippen molar-refractivity contribution >= 4 is 0 Å². The molecule has 0 radical (unpaired) electrons. The average molecular weight is 288 g/mol. The molecule has 1 fully saturated rings. The van der Waals surface area contributed by atoms with Crippen LogP contribution in [0, 0.1) is 11.3 Å². The van der Waals surface area contributed by atoms with Crippen LogP contribution >= 0.6 is 0 Å². The van der Waals surface area contributed by atoms with Crippen LogP contribution in [0.4, 0.5) is 0 Å². The van der Waals surface area contributed by atoms with Crippen molar-refractivity contribution in [3.63, 3.8) is 0 Å². The van der Waals surface area contributed by atoms with E-state index in [2.05, 4.69) is 11.0 Å². The Labute approximate surface area is 127 Å². The summed E-state index contributed by atoms with van der Waals surface area (Å²) in [7, 11) is 0. The third kappa shape index (κ3) is 5.04. The number of aliphatic hydroxyl groups excluding tert-OH is 1. The van der Waals surface area contributed by atoms with Crippen LogP contribution in [0.5, 0.6) is 5.75 Å². The molecule has 4 heteroatoms. The van der Waals surface area contributed by atoms with Gasteiger partial charge in [0.15, 0.2) is 0 Å². The summed E-state index contributed by atoms with van der Waals surface area (Å²) in [6, 6.07) is 10.5. The number of rotatable bonds is 8. The maximum absolute atomic E-state index is 8.93. The second-order valence-corrected chi connectivity index (χ2v) is 5.53. The maximum Gasteiger partial charge on any atom is 0.119 e. The van der Waals surface area contributed by atoms with Crippen LogP contribution in [-0.4, -0.2) is 42.4 Å². The van der Waals surface area contributed by atoms with Gasteiger partial charge in [-0.05, 0) is 49.9 Å². The van der Waals surface area contributed by atoms with Gasteiger partial charge >= 0.3 is 0 Å². The van der Waals surface area contributed by atoms with E-state index in [-0.39, 0.29) is 6.61 Å². The molecule has 0 aliphatic carbocycles. The number of nitriles is 1. The third-order valence-corrected chi connectivity index (χ3v) is 4.05. The smallest absolute Gasteiger partial charge is 0.119 e. The van der Waals surface area contributed by atoms with Crippen LogP contribution in [0.1, 0.15) is 31.2 Å². The summed E-state index contributed by atoms with van der Waals surface area (Å²) >= 11 is 0. The lowest BCUT2D eigenvalue weighted by Gasteiger charge is -2.24. The van der Waals surface area contributed by atoms with Crippen molar-refractivity contribution in [2.75, 3.05) is 26.3 Å². The summed E-state index contributed by atoms with van der Waals surface area (Å²) in [5.74, 6) is 0.864. The monoisotopic (exact) mass is 288 g/mol. The highest BCUT2D eigenvalue weighted by Crippen LogP contribution is 2.21. The maximum atomic E-state index is 8.93. The minimum absolute atomic E-state index is 0.288. The lowest BCUT2D eigenvalue weighted by Crippen LogP contribution is -2.33. The Balaban J connectivity index is 1.72. The first-order chi connectivity index (χ1) is 10.3. The Bertz CT molecular complexity index is 453. The van der Waals surface area contributed by atoms with Gasteiger partial charge in [0.2, 0.25) is 0 Å². The van der Waals surface area contributed by atoms with Crippen LogP contribution in [0.2, 0.25) is 0 Å². The van der Waals surface area contributed by atoms with Crippen LogP contribution in [0.15, 0.2) is 24.3 Å². The zero-order valence-electron chi connectivity index (χ0n) is 12.5. The SMILES string of the molecule is N#CCc1ccc(OCCN2CCCC2CCCO)cc1. The molecule has 21 heavy (non-hydrogen) atoms. The van der Waals surface area contributed by atoms with Crippen LogP contribution in [-0.2, 0) is 6.42 Å². The number of likely N-dealkylation sites (tertiary alicyclic amines) is 1. The van der Waals surface area contributed by atoms with Crippen molar-refractivity contribution in [3.05, 3.63) is 29.8 Å². The van der Waals surface area contributed by atoms with Crippen molar-refractivity contribution < 1.29 is 9.84 Å². The number of nitrogens with zero attached hydrogens (tertiary/aromatic N) is 2. The number of ether oxygens (including phenoxy) is 1. The first-order valence-corrected chi connectivity index (χ1v) is 7.77. The molecule has 0 bridgehead atoms. The van der Waals surface area contributed by atoms with E-state index < -0.39 is 0 Å². The topological polar surface area (TPSA) is 56.5 Å². The minimum atomic E-state index is 0.288. The van der Waals surface area contributed by atoms with E-state index in [0.717, 1.165) is 37.2 Å². The Kier molecular flexibility index (Phi) is 6.52. The Morgan fingerprint density at radius 3 is 2.86 bits per heavy atom. The van der Waals surface area contributed by atoms with E-state index in [9.17, 15) is 0 Å². The fourth-order valence-corrected chi connectivity index (χ4v) is 2.92. The highest BCUT2D eigenvalue weighted by molar-refractivity contribution is 5.28. The van der Waals surface area contributed by atoms with Crippen molar-refractivity contribution in [2.45, 2.75) is 38.1 Å². The fraction of sp³-hybridized carbons (Fsp3) is 0.588. The van der Waals surface area contributed by atoms with E-state index in [1.54, 1.807) is 0 Å². The summed E-state index contributed by atoms with van der Waals surface area (Å²) in [5, 5.41) is 17.6. The normalized spacial score (nSPS) is 18.6. The summed E-state index contributed by atoms with van der Waals surface area (Å²) < 4.78 is 5.78. The van der Waals surface area contributed by atoms with Gasteiger partial charge in [-0.2, -0.15) is 5.26 Å². The van der Waals surface area contributed by atoms with Crippen molar-refractivity contribution in [3.8, 4) is 11.8 Å². The highest BCUT2D eigenvalue weighted by atomic mass is 16.5. The van der Waals surface area contributed by atoms with Gasteiger partial charge in [-0.25, -0.2) is 0 Å². The first kappa shape index (κ1) is 15.8. The van der Waals surface area contributed by atoms with Crippen LogP contribution < -0.4 is 4.74 Å². The van der Waals surface area contributed by atoms with Crippen LogP contribution in [0.3, 0.4) is 0 Å². The molecule has 0 spiro atoms. The van der Waals surface area contributed by atoms with E-state index in [0.29, 0.717) is 19.1 Å². The molecule has 0 saturated carbocycles. The molecule has 1 aromatic carbocycles. The fourth-order valence-electron chi connectivity index (χ4n) is 2.92. The van der Waals surface area contributed by atoms with E-state index in [4.69, 9.17) is 15.1 Å². The molecular weight excluding hydrogens is 264 g/mol. The predicted molar refractivity (Wildman–Crippen MR) is 82.2 cm³/mol. The molecule has 0 amide bonds. The number of aliphatic hydroxyl groups is 1. The summed E-state index contributed by atoms with van der Waals surface area (Å²) in [4.78, 5) is 2.47. The first-order valence-electron chi connectivity index (χ1n) is 7.77. The Hall–Kier alpha value is -1.57. The Morgan fingerprint density at radius 2 is 2.14 bits per heavy atom. The van der Waals surface area contributed by atoms with Crippen molar-refractivity contribution in [1.82, 2.24) is 4.90 Å². The van der Waals surface area contributed by atoms with Gasteiger partial charge in [0.25, 0.3) is 0 Å². The van der Waals surface area contributed by atoms with E-state index in [1.165, 1.54) is 12.8 Å². The van der Waals surface area contributed by atoms with Gasteiger partial charge in [-0.15, -0.1) is 0 Å². The van der Waals surface area contributed by atoms with Gasteiger partial charge in [0, 0.05) is 19.2 Å².